The maximum atomic E-state index is 12.4. The van der Waals surface area contributed by atoms with Gasteiger partial charge in [0.1, 0.15) is 0 Å². The Balaban J connectivity index is 1.91. The molecule has 0 radical (unpaired) electrons. The third-order valence-corrected chi connectivity index (χ3v) is 5.55. The smallest absolute Gasteiger partial charge is 0.340 e. The summed E-state index contributed by atoms with van der Waals surface area (Å²) in [5.74, 6) is -0.302. The standard InChI is InChI=1S/C20H13ClO2S/c21-15-12-10-14(11-13-15)20(24-16-6-2-1-3-7-16)18-9-5-4-8-17(18)19(22)23-20/h1-13H. The molecule has 0 spiro atoms. The lowest BCUT2D eigenvalue weighted by Gasteiger charge is -2.29. The molecule has 1 atom stereocenters. The van der Waals surface area contributed by atoms with E-state index in [0.29, 0.717) is 10.6 Å². The summed E-state index contributed by atoms with van der Waals surface area (Å²) in [5, 5.41) is 0.649. The van der Waals surface area contributed by atoms with Crippen LogP contribution < -0.4 is 0 Å². The Morgan fingerprint density at radius 3 is 2.25 bits per heavy atom. The van der Waals surface area contributed by atoms with Gasteiger partial charge in [-0.2, -0.15) is 0 Å². The Labute approximate surface area is 149 Å². The normalized spacial score (nSPS) is 19.0. The number of hydrogen-bond donors (Lipinski definition) is 0. The summed E-state index contributed by atoms with van der Waals surface area (Å²) in [6, 6.07) is 24.9. The van der Waals surface area contributed by atoms with Crippen LogP contribution in [0.3, 0.4) is 0 Å². The Hall–Kier alpha value is -2.23. The number of halogens is 1. The van der Waals surface area contributed by atoms with Gasteiger partial charge in [-0.1, -0.05) is 71.9 Å². The van der Waals surface area contributed by atoms with Crippen LogP contribution in [0.4, 0.5) is 0 Å². The molecule has 0 N–H and O–H groups in total. The summed E-state index contributed by atoms with van der Waals surface area (Å²) in [6.45, 7) is 0. The summed E-state index contributed by atoms with van der Waals surface area (Å²) in [5.41, 5.74) is 2.36. The summed E-state index contributed by atoms with van der Waals surface area (Å²) in [4.78, 5) is 12.6. The van der Waals surface area contributed by atoms with Gasteiger partial charge in [0.25, 0.3) is 0 Å². The third kappa shape index (κ3) is 2.50. The van der Waals surface area contributed by atoms with E-state index in [2.05, 4.69) is 0 Å². The molecule has 0 amide bonds. The Morgan fingerprint density at radius 1 is 0.833 bits per heavy atom. The molecule has 24 heavy (non-hydrogen) atoms. The number of rotatable bonds is 3. The van der Waals surface area contributed by atoms with Crippen molar-refractivity contribution in [2.45, 2.75) is 9.83 Å². The monoisotopic (exact) mass is 352 g/mol. The summed E-state index contributed by atoms with van der Waals surface area (Å²) >= 11 is 7.56. The second kappa shape index (κ2) is 6.00. The van der Waals surface area contributed by atoms with Crippen molar-refractivity contribution >= 4 is 29.3 Å². The Morgan fingerprint density at radius 2 is 1.50 bits per heavy atom. The van der Waals surface area contributed by atoms with Crippen molar-refractivity contribution in [3.8, 4) is 0 Å². The molecule has 0 aromatic heterocycles. The highest BCUT2D eigenvalue weighted by molar-refractivity contribution is 8.00. The van der Waals surface area contributed by atoms with Gasteiger partial charge in [-0.25, -0.2) is 4.79 Å². The van der Waals surface area contributed by atoms with E-state index in [9.17, 15) is 4.79 Å². The first-order valence-electron chi connectivity index (χ1n) is 7.52. The Kier molecular flexibility index (Phi) is 3.83. The van der Waals surface area contributed by atoms with Crippen LogP contribution in [0.2, 0.25) is 5.02 Å². The molecule has 4 heteroatoms. The van der Waals surface area contributed by atoms with Crippen molar-refractivity contribution in [1.29, 1.82) is 0 Å². The van der Waals surface area contributed by atoms with Crippen LogP contribution in [0.1, 0.15) is 21.5 Å². The van der Waals surface area contributed by atoms with Crippen LogP contribution in [-0.2, 0) is 9.67 Å². The van der Waals surface area contributed by atoms with Gasteiger partial charge in [-0.3, -0.25) is 0 Å². The van der Waals surface area contributed by atoms with Gasteiger partial charge in [-0.05, 0) is 30.3 Å². The minimum atomic E-state index is -0.903. The molecule has 3 aromatic rings. The molecule has 1 heterocycles. The topological polar surface area (TPSA) is 26.3 Å². The van der Waals surface area contributed by atoms with E-state index < -0.39 is 4.93 Å². The van der Waals surface area contributed by atoms with Crippen LogP contribution >= 0.6 is 23.4 Å². The van der Waals surface area contributed by atoms with E-state index in [-0.39, 0.29) is 5.97 Å². The minimum absolute atomic E-state index is 0.302. The number of hydrogen-bond acceptors (Lipinski definition) is 3. The molecular weight excluding hydrogens is 340 g/mol. The average Bonchev–Trinajstić information content (AvgIpc) is 2.90. The number of ether oxygens (including phenoxy) is 1. The maximum Gasteiger partial charge on any atom is 0.340 e. The first-order valence-corrected chi connectivity index (χ1v) is 8.71. The molecule has 1 aliphatic heterocycles. The Bertz CT molecular complexity index is 893. The number of fused-ring (bicyclic) bond motifs is 1. The zero-order valence-electron chi connectivity index (χ0n) is 12.6. The number of thioether (sulfide) groups is 1. The van der Waals surface area contributed by atoms with Gasteiger partial charge in [0.05, 0.1) is 5.56 Å². The summed E-state index contributed by atoms with van der Waals surface area (Å²) in [7, 11) is 0. The lowest BCUT2D eigenvalue weighted by molar-refractivity contribution is 0.0384. The SMILES string of the molecule is O=C1OC(Sc2ccccc2)(c2ccc(Cl)cc2)c2ccccc21. The van der Waals surface area contributed by atoms with E-state index >= 15 is 0 Å². The van der Waals surface area contributed by atoms with Crippen molar-refractivity contribution in [1.82, 2.24) is 0 Å². The molecule has 3 aromatic carbocycles. The van der Waals surface area contributed by atoms with Crippen LogP contribution in [0.25, 0.3) is 0 Å². The van der Waals surface area contributed by atoms with Crippen molar-refractivity contribution in [3.05, 3.63) is 101 Å². The third-order valence-electron chi connectivity index (χ3n) is 3.97. The minimum Gasteiger partial charge on any atom is -0.435 e. The van der Waals surface area contributed by atoms with E-state index in [0.717, 1.165) is 16.0 Å². The second-order valence-electron chi connectivity index (χ2n) is 5.47. The average molecular weight is 353 g/mol. The predicted octanol–water partition coefficient (Wildman–Crippen LogP) is 5.50. The molecule has 4 rings (SSSR count). The number of benzene rings is 3. The van der Waals surface area contributed by atoms with Crippen LogP contribution in [0.5, 0.6) is 0 Å². The number of cyclic esters (lactones) is 1. The second-order valence-corrected chi connectivity index (χ2v) is 7.16. The number of carbonyl (C=O) groups is 1. The highest BCUT2D eigenvalue weighted by Crippen LogP contribution is 2.52. The number of carbonyl (C=O) groups excluding carboxylic acids is 1. The first-order chi connectivity index (χ1) is 11.7. The molecule has 1 aliphatic rings. The fourth-order valence-corrected chi connectivity index (χ4v) is 4.27. The molecule has 1 unspecified atom stereocenters. The van der Waals surface area contributed by atoms with E-state index in [1.807, 2.05) is 72.8 Å². The van der Waals surface area contributed by atoms with Gasteiger partial charge in [-0.15, -0.1) is 0 Å². The van der Waals surface area contributed by atoms with Gasteiger partial charge in [0, 0.05) is 21.0 Å². The van der Waals surface area contributed by atoms with E-state index in [1.165, 1.54) is 11.8 Å². The van der Waals surface area contributed by atoms with E-state index in [4.69, 9.17) is 16.3 Å². The van der Waals surface area contributed by atoms with Crippen LogP contribution in [-0.4, -0.2) is 5.97 Å². The zero-order valence-corrected chi connectivity index (χ0v) is 14.2. The number of esters is 1. The van der Waals surface area contributed by atoms with E-state index in [1.54, 1.807) is 6.07 Å². The fraction of sp³-hybridized carbons (Fsp3) is 0.0500. The summed E-state index contributed by atoms with van der Waals surface area (Å²) < 4.78 is 5.93. The molecular formula is C20H13ClO2S. The molecule has 0 bridgehead atoms. The highest BCUT2D eigenvalue weighted by atomic mass is 35.5. The molecule has 2 nitrogen and oxygen atoms in total. The van der Waals surface area contributed by atoms with Crippen molar-refractivity contribution in [2.75, 3.05) is 0 Å². The lowest BCUT2D eigenvalue weighted by Crippen LogP contribution is -2.23. The first kappa shape index (κ1) is 15.3. The zero-order chi connectivity index (χ0) is 16.6. The van der Waals surface area contributed by atoms with Gasteiger partial charge >= 0.3 is 5.97 Å². The largest absolute Gasteiger partial charge is 0.435 e. The van der Waals surface area contributed by atoms with Crippen LogP contribution in [0, 0.1) is 0 Å². The van der Waals surface area contributed by atoms with Gasteiger partial charge in [0.15, 0.2) is 0 Å². The predicted molar refractivity (Wildman–Crippen MR) is 96.4 cm³/mol. The molecule has 0 saturated carbocycles. The van der Waals surface area contributed by atoms with Crippen molar-refractivity contribution in [3.63, 3.8) is 0 Å². The van der Waals surface area contributed by atoms with Crippen LogP contribution in [0.15, 0.2) is 83.8 Å². The highest BCUT2D eigenvalue weighted by Gasteiger charge is 2.47. The summed E-state index contributed by atoms with van der Waals surface area (Å²) in [6.07, 6.45) is 0. The molecule has 0 saturated heterocycles. The lowest BCUT2D eigenvalue weighted by atomic mass is 9.98. The van der Waals surface area contributed by atoms with Gasteiger partial charge in [0.2, 0.25) is 4.93 Å². The molecule has 118 valence electrons. The quantitative estimate of drug-likeness (QED) is 0.582. The van der Waals surface area contributed by atoms with Gasteiger partial charge < -0.3 is 4.74 Å². The molecule has 0 fully saturated rings. The maximum absolute atomic E-state index is 12.4. The van der Waals surface area contributed by atoms with Crippen molar-refractivity contribution in [2.24, 2.45) is 0 Å². The fourth-order valence-electron chi connectivity index (χ4n) is 2.86. The van der Waals surface area contributed by atoms with Crippen molar-refractivity contribution < 1.29 is 9.53 Å². The molecule has 0 aliphatic carbocycles.